The zero-order chi connectivity index (χ0) is 22.3. The number of thiazole rings is 1. The highest BCUT2D eigenvalue weighted by Gasteiger charge is 2.51. The first kappa shape index (κ1) is 23.4. The van der Waals surface area contributed by atoms with Crippen LogP contribution in [0.3, 0.4) is 0 Å². The van der Waals surface area contributed by atoms with Gasteiger partial charge >= 0.3 is 13.3 Å². The van der Waals surface area contributed by atoms with Gasteiger partial charge in [-0.25, -0.2) is 0 Å². The average Bonchev–Trinajstić information content (AvgIpc) is 2.86. The van der Waals surface area contributed by atoms with Gasteiger partial charge in [-0.1, -0.05) is 58.4 Å². The lowest BCUT2D eigenvalue weighted by molar-refractivity contribution is 0.0557. The van der Waals surface area contributed by atoms with Gasteiger partial charge in [-0.2, -0.15) is 21.4 Å². The average molecular weight is 535 g/mol. The van der Waals surface area contributed by atoms with Crippen molar-refractivity contribution < 1.29 is 23.1 Å². The molecule has 1 aromatic heterocycles. The van der Waals surface area contributed by atoms with Crippen LogP contribution in [0.2, 0.25) is 0 Å². The summed E-state index contributed by atoms with van der Waals surface area (Å²) >= 11 is 8.79. The van der Waals surface area contributed by atoms with E-state index in [-0.39, 0.29) is 15.8 Å². The molecule has 1 heterocycles. The molecule has 11 heteroatoms. The lowest BCUT2D eigenvalue weighted by Gasteiger charge is -2.20. The van der Waals surface area contributed by atoms with E-state index in [1.54, 1.807) is 4.57 Å². The lowest BCUT2D eigenvalue weighted by Crippen LogP contribution is -2.18. The van der Waals surface area contributed by atoms with E-state index in [4.69, 9.17) is 15.2 Å². The van der Waals surface area contributed by atoms with Crippen molar-refractivity contribution in [2.24, 2.45) is 0 Å². The molecule has 0 aliphatic heterocycles. The molecule has 0 fully saturated rings. The van der Waals surface area contributed by atoms with Crippen LogP contribution in [0.25, 0.3) is 5.57 Å². The molecular formula is C19H18BrF2N2O3PS2. The Labute approximate surface area is 189 Å². The van der Waals surface area contributed by atoms with Crippen molar-refractivity contribution in [3.8, 4) is 0 Å². The highest BCUT2D eigenvalue weighted by molar-refractivity contribution is 9.10. The maximum absolute atomic E-state index is 14.1. The first-order valence-corrected chi connectivity index (χ1v) is 12.3. The second kappa shape index (κ2) is 8.33. The molecule has 1 unspecified atom stereocenters. The van der Waals surface area contributed by atoms with Crippen molar-refractivity contribution in [3.05, 3.63) is 80.1 Å². The van der Waals surface area contributed by atoms with Crippen molar-refractivity contribution in [3.63, 3.8) is 0 Å². The van der Waals surface area contributed by atoms with Crippen molar-refractivity contribution in [1.29, 1.82) is 5.41 Å². The standard InChI is InChI=1S/C19H18BrF2N2O3PS2/c1-18(29)7-2-3-13(6-8-18)16-11-30-17(23)24(16)10-12-4-5-14(15(20)9-12)19(21,22)28(25,26)27/h2-9,11,23,29H,10H2,1H3,(H2,25,26,27). The van der Waals surface area contributed by atoms with Gasteiger partial charge in [0.1, 0.15) is 0 Å². The van der Waals surface area contributed by atoms with E-state index in [1.165, 1.54) is 23.5 Å². The summed E-state index contributed by atoms with van der Waals surface area (Å²) in [4.78, 5) is 18.2. The monoisotopic (exact) mass is 534 g/mol. The molecular weight excluding hydrogens is 517 g/mol. The Morgan fingerprint density at radius 2 is 2.07 bits per heavy atom. The van der Waals surface area contributed by atoms with Gasteiger partial charge < -0.3 is 14.4 Å². The van der Waals surface area contributed by atoms with Crippen LogP contribution in [0, 0.1) is 5.41 Å². The summed E-state index contributed by atoms with van der Waals surface area (Å²) in [5, 5.41) is 10.1. The summed E-state index contributed by atoms with van der Waals surface area (Å²) in [6.07, 6.45) is 9.60. The fraction of sp³-hybridized carbons (Fsp3) is 0.211. The number of aromatic nitrogens is 1. The molecule has 0 bridgehead atoms. The Bertz CT molecular complexity index is 1180. The second-order valence-electron chi connectivity index (χ2n) is 6.95. The summed E-state index contributed by atoms with van der Waals surface area (Å²) in [5.41, 5.74) is -2.82. The van der Waals surface area contributed by atoms with Gasteiger partial charge in [-0.15, -0.1) is 11.3 Å². The smallest absolute Gasteiger partial charge is 0.320 e. The number of allylic oxidation sites excluding steroid dienone is 4. The molecule has 0 spiro atoms. The molecule has 0 saturated carbocycles. The molecule has 1 aromatic carbocycles. The minimum Gasteiger partial charge on any atom is -0.320 e. The SMILES string of the molecule is CC1(S)C=CC=C(c2csc(=N)n2Cc2ccc(C(F)(F)P(=O)(O)O)c(Br)c2)C=C1. The normalized spacial score (nSPS) is 19.6. The third kappa shape index (κ3) is 4.79. The van der Waals surface area contributed by atoms with Crippen molar-refractivity contribution in [1.82, 2.24) is 4.57 Å². The van der Waals surface area contributed by atoms with Crippen LogP contribution in [0.5, 0.6) is 0 Å². The Balaban J connectivity index is 1.96. The van der Waals surface area contributed by atoms with Crippen LogP contribution < -0.4 is 4.80 Å². The van der Waals surface area contributed by atoms with E-state index in [1.807, 2.05) is 42.7 Å². The van der Waals surface area contributed by atoms with E-state index < -0.39 is 23.6 Å². The van der Waals surface area contributed by atoms with Crippen molar-refractivity contribution in [2.75, 3.05) is 0 Å². The highest BCUT2D eigenvalue weighted by atomic mass is 79.9. The third-order valence-electron chi connectivity index (χ3n) is 4.49. The van der Waals surface area contributed by atoms with Crippen LogP contribution in [-0.4, -0.2) is 19.1 Å². The molecule has 1 aliphatic carbocycles. The Morgan fingerprint density at radius 1 is 1.37 bits per heavy atom. The first-order chi connectivity index (χ1) is 13.8. The van der Waals surface area contributed by atoms with E-state index in [9.17, 15) is 13.3 Å². The summed E-state index contributed by atoms with van der Waals surface area (Å²) < 4.78 is 40.5. The topological polar surface area (TPSA) is 86.3 Å². The number of hydrogen-bond donors (Lipinski definition) is 4. The molecule has 1 aliphatic rings. The van der Waals surface area contributed by atoms with Gasteiger partial charge in [0.15, 0.2) is 4.80 Å². The summed E-state index contributed by atoms with van der Waals surface area (Å²) in [5.74, 6) is 0. The summed E-state index contributed by atoms with van der Waals surface area (Å²) in [6, 6.07) is 3.75. The maximum Gasteiger partial charge on any atom is 0.399 e. The van der Waals surface area contributed by atoms with Gasteiger partial charge in [0.25, 0.3) is 0 Å². The molecule has 3 N–H and O–H groups in total. The molecule has 0 radical (unpaired) electrons. The number of alkyl halides is 2. The van der Waals surface area contributed by atoms with Gasteiger partial charge in [-0.05, 0) is 24.1 Å². The van der Waals surface area contributed by atoms with Gasteiger partial charge in [-0.3, -0.25) is 9.97 Å². The number of rotatable bonds is 5. The fourth-order valence-electron chi connectivity index (χ4n) is 2.86. The number of thiol groups is 1. The predicted octanol–water partition coefficient (Wildman–Crippen LogP) is 5.26. The molecule has 30 heavy (non-hydrogen) atoms. The van der Waals surface area contributed by atoms with Crippen LogP contribution in [0.4, 0.5) is 8.78 Å². The minimum absolute atomic E-state index is 0.111. The third-order valence-corrected chi connectivity index (χ3v) is 7.20. The summed E-state index contributed by atoms with van der Waals surface area (Å²) in [6.45, 7) is 2.18. The Hall–Kier alpha value is -1.29. The molecule has 5 nitrogen and oxygen atoms in total. The zero-order valence-electron chi connectivity index (χ0n) is 15.6. The molecule has 2 aromatic rings. The quantitative estimate of drug-likeness (QED) is 0.311. The number of benzene rings is 1. The number of nitrogens with zero attached hydrogens (tertiary/aromatic N) is 1. The molecule has 1 atom stereocenters. The predicted molar refractivity (Wildman–Crippen MR) is 121 cm³/mol. The van der Waals surface area contributed by atoms with Crippen LogP contribution in [0.15, 0.2) is 58.4 Å². The first-order valence-electron chi connectivity index (χ1n) is 8.58. The molecule has 0 saturated heterocycles. The Morgan fingerprint density at radius 3 is 2.70 bits per heavy atom. The minimum atomic E-state index is -5.66. The largest absolute Gasteiger partial charge is 0.399 e. The van der Waals surface area contributed by atoms with E-state index in [2.05, 4.69) is 28.6 Å². The number of halogens is 3. The second-order valence-corrected chi connectivity index (χ2v) is 11.3. The van der Waals surface area contributed by atoms with E-state index in [0.717, 1.165) is 17.3 Å². The number of hydrogen-bond acceptors (Lipinski definition) is 4. The van der Waals surface area contributed by atoms with Gasteiger partial charge in [0.2, 0.25) is 0 Å². The number of nitrogens with one attached hydrogen (secondary N) is 1. The van der Waals surface area contributed by atoms with E-state index >= 15 is 0 Å². The summed E-state index contributed by atoms with van der Waals surface area (Å²) in [7, 11) is -5.66. The van der Waals surface area contributed by atoms with Crippen molar-refractivity contribution >= 4 is 53.1 Å². The Kier molecular flexibility index (Phi) is 6.49. The van der Waals surface area contributed by atoms with Crippen LogP contribution in [0.1, 0.15) is 23.7 Å². The fourth-order valence-corrected chi connectivity index (χ4v) is 5.13. The maximum atomic E-state index is 14.1. The van der Waals surface area contributed by atoms with Crippen LogP contribution in [-0.2, 0) is 16.8 Å². The van der Waals surface area contributed by atoms with Crippen molar-refractivity contribution in [2.45, 2.75) is 23.9 Å². The zero-order valence-corrected chi connectivity index (χ0v) is 19.8. The molecule has 0 amide bonds. The lowest BCUT2D eigenvalue weighted by atomic mass is 10.1. The van der Waals surface area contributed by atoms with Crippen LogP contribution >= 0.6 is 47.5 Å². The van der Waals surface area contributed by atoms with E-state index in [0.29, 0.717) is 5.56 Å². The highest BCUT2D eigenvalue weighted by Crippen LogP contribution is 2.60. The molecule has 3 rings (SSSR count). The van der Waals surface area contributed by atoms with Gasteiger partial charge in [0.05, 0.1) is 12.2 Å². The molecule has 160 valence electrons. The van der Waals surface area contributed by atoms with Gasteiger partial charge in [0, 0.05) is 20.2 Å².